The molecule has 0 spiro atoms. The topological polar surface area (TPSA) is 17.0 Å². The summed E-state index contributed by atoms with van der Waals surface area (Å²) >= 11 is 1.91. The van der Waals surface area contributed by atoms with Gasteiger partial charge in [-0.3, -0.25) is 0 Å². The van der Waals surface area contributed by atoms with Crippen molar-refractivity contribution >= 4 is 82.9 Å². The van der Waals surface area contributed by atoms with Gasteiger partial charge < -0.3 is 9.88 Å². The van der Waals surface area contributed by atoms with E-state index < -0.39 is 0 Å². The number of thiophene rings is 1. The zero-order valence-corrected chi connectivity index (χ0v) is 40.7. The first-order valence-electron chi connectivity index (χ1n) is 23.9. The van der Waals surface area contributed by atoms with Crippen LogP contribution in [0.4, 0.5) is 11.4 Å². The van der Waals surface area contributed by atoms with Gasteiger partial charge in [0.25, 0.3) is 0 Å². The van der Waals surface area contributed by atoms with E-state index in [1.165, 1.54) is 125 Å². The molecule has 1 N–H and O–H groups in total. The van der Waals surface area contributed by atoms with Gasteiger partial charge >= 0.3 is 0 Å². The van der Waals surface area contributed by atoms with Gasteiger partial charge in [-0.15, -0.1) is 11.3 Å². The molecule has 4 heteroatoms. The Kier molecular flexibility index (Phi) is 7.97. The van der Waals surface area contributed by atoms with Crippen LogP contribution in [0.1, 0.15) is 103 Å². The van der Waals surface area contributed by atoms with Gasteiger partial charge in [0.05, 0.1) is 5.52 Å². The maximum absolute atomic E-state index is 4.04. The van der Waals surface area contributed by atoms with Gasteiger partial charge in [0.15, 0.2) is 7.28 Å². The lowest BCUT2D eigenvalue weighted by atomic mass is 9.58. The molecule has 1 aliphatic heterocycles. The summed E-state index contributed by atoms with van der Waals surface area (Å²) in [6.07, 6.45) is 0. The molecule has 0 saturated carbocycles. The van der Waals surface area contributed by atoms with Crippen LogP contribution in [0.25, 0.3) is 81.0 Å². The van der Waals surface area contributed by atoms with Crippen molar-refractivity contribution in [2.24, 2.45) is 0 Å². The predicted molar refractivity (Wildman–Crippen MR) is 288 cm³/mol. The van der Waals surface area contributed by atoms with Crippen molar-refractivity contribution in [2.75, 3.05) is 5.32 Å². The van der Waals surface area contributed by atoms with Gasteiger partial charge in [-0.05, 0) is 126 Å². The van der Waals surface area contributed by atoms with E-state index in [4.69, 9.17) is 0 Å². The molecule has 2 nitrogen and oxygen atoms in total. The SMILES string of the molecule is CC(C)(C)c1ccc(Nc2cc3c(cc2-c2ccc4c5cc6sc7ccccc7c6cc5n5c4c2Bc2cc4c(cc2-5)C(C)(C)c2ccccc2-4)C(C)(C)c2ccc(C(C)(C)C)cc2-3)cc1. The maximum atomic E-state index is 4.04. The van der Waals surface area contributed by atoms with Crippen LogP contribution in [0.3, 0.4) is 0 Å². The van der Waals surface area contributed by atoms with Crippen LogP contribution < -0.4 is 16.2 Å². The highest BCUT2D eigenvalue weighted by Crippen LogP contribution is 2.54. The number of nitrogens with zero attached hydrogens (tertiary/aromatic N) is 1. The van der Waals surface area contributed by atoms with E-state index in [9.17, 15) is 0 Å². The molecule has 0 amide bonds. The lowest BCUT2D eigenvalue weighted by molar-refractivity contribution is 0.589. The van der Waals surface area contributed by atoms with Gasteiger partial charge in [-0.25, -0.2) is 0 Å². The minimum atomic E-state index is -0.166. The van der Waals surface area contributed by atoms with Crippen LogP contribution in [0, 0.1) is 0 Å². The third-order valence-electron chi connectivity index (χ3n) is 15.9. The highest BCUT2D eigenvalue weighted by atomic mass is 32.1. The van der Waals surface area contributed by atoms with Crippen molar-refractivity contribution < 1.29 is 0 Å². The van der Waals surface area contributed by atoms with Gasteiger partial charge in [0, 0.05) is 69.9 Å². The Morgan fingerprint density at radius 2 is 1.15 bits per heavy atom. The monoisotopic (exact) mass is 870 g/mol. The Bertz CT molecular complexity index is 3770. The minimum Gasteiger partial charge on any atom is -0.355 e. The molecule has 0 radical (unpaired) electrons. The van der Waals surface area contributed by atoms with E-state index in [2.05, 4.69) is 219 Å². The summed E-state index contributed by atoms with van der Waals surface area (Å²) in [6.45, 7) is 23.5. The molecule has 13 rings (SSSR count). The molecule has 0 bridgehead atoms. The van der Waals surface area contributed by atoms with E-state index in [-0.39, 0.29) is 21.7 Å². The van der Waals surface area contributed by atoms with Crippen molar-refractivity contribution in [3.8, 4) is 39.1 Å². The Morgan fingerprint density at radius 1 is 0.485 bits per heavy atom. The number of nitrogens with one attached hydrogen (secondary N) is 1. The molecule has 66 heavy (non-hydrogen) atoms. The second-order valence-corrected chi connectivity index (χ2v) is 23.8. The molecule has 322 valence electrons. The maximum Gasteiger partial charge on any atom is 0.198 e. The molecular formula is C62H55BN2S. The minimum absolute atomic E-state index is 0.0464. The van der Waals surface area contributed by atoms with E-state index in [1.807, 2.05) is 11.3 Å². The Morgan fingerprint density at radius 3 is 1.92 bits per heavy atom. The first-order chi connectivity index (χ1) is 31.5. The highest BCUT2D eigenvalue weighted by Gasteiger charge is 2.40. The van der Waals surface area contributed by atoms with Gasteiger partial charge in [-0.1, -0.05) is 166 Å². The molecular weight excluding hydrogens is 816 g/mol. The zero-order valence-electron chi connectivity index (χ0n) is 39.8. The van der Waals surface area contributed by atoms with Gasteiger partial charge in [0.2, 0.25) is 0 Å². The van der Waals surface area contributed by atoms with E-state index >= 15 is 0 Å². The summed E-state index contributed by atoms with van der Waals surface area (Å²) in [4.78, 5) is 0. The molecule has 0 atom stereocenters. The summed E-state index contributed by atoms with van der Waals surface area (Å²) in [7, 11) is 0.848. The summed E-state index contributed by atoms with van der Waals surface area (Å²) in [5, 5.41) is 9.37. The van der Waals surface area contributed by atoms with E-state index in [1.54, 1.807) is 0 Å². The van der Waals surface area contributed by atoms with Crippen molar-refractivity contribution in [1.82, 2.24) is 4.57 Å². The number of hydrogen-bond donors (Lipinski definition) is 1. The standard InChI is InChI=1S/C62H55BN2S/c1-59(2,3)34-19-22-36(23-20-34)64-52-30-43-41-27-35(60(4,5)6)21-26-48(41)62(9,10)49(43)28-44(52)39-24-25-40-45-32-56-46(38-16-12-14-18-55(38)66-56)31-53(45)65-54-33-50-42(29-51(54)63-57(39)58(40)65)37-15-11-13-17-47(37)61(50,7)8/h11-33,63-64H,1-10H3. The number of anilines is 2. The second kappa shape index (κ2) is 13.2. The normalized spacial score (nSPS) is 15.2. The van der Waals surface area contributed by atoms with Crippen molar-refractivity contribution in [3.05, 3.63) is 173 Å². The summed E-state index contributed by atoms with van der Waals surface area (Å²) in [5.74, 6) is 0. The summed E-state index contributed by atoms with van der Waals surface area (Å²) in [5.41, 5.74) is 25.1. The molecule has 0 unspecified atom stereocenters. The molecule has 10 aromatic rings. The molecule has 0 saturated heterocycles. The lowest BCUT2D eigenvalue weighted by Crippen LogP contribution is -2.37. The number of hydrogen-bond acceptors (Lipinski definition) is 2. The Balaban J connectivity index is 1.10. The fourth-order valence-corrected chi connectivity index (χ4v) is 13.3. The van der Waals surface area contributed by atoms with Gasteiger partial charge in [-0.2, -0.15) is 0 Å². The molecule has 2 aliphatic carbocycles. The largest absolute Gasteiger partial charge is 0.355 e. The van der Waals surface area contributed by atoms with Crippen LogP contribution in [0.15, 0.2) is 140 Å². The fraction of sp³-hybridized carbons (Fsp3) is 0.226. The van der Waals surface area contributed by atoms with Crippen molar-refractivity contribution in [1.29, 1.82) is 0 Å². The van der Waals surface area contributed by atoms with Crippen LogP contribution in [-0.2, 0) is 21.7 Å². The van der Waals surface area contributed by atoms with Crippen LogP contribution >= 0.6 is 11.3 Å². The fourth-order valence-electron chi connectivity index (χ4n) is 12.2. The average molecular weight is 871 g/mol. The lowest BCUT2D eigenvalue weighted by Gasteiger charge is -2.28. The molecule has 3 heterocycles. The summed E-state index contributed by atoms with van der Waals surface area (Å²) < 4.78 is 5.35. The molecule has 3 aliphatic rings. The Labute approximate surface area is 393 Å². The number of fused-ring (bicyclic) bond motifs is 14. The smallest absolute Gasteiger partial charge is 0.198 e. The molecule has 2 aromatic heterocycles. The van der Waals surface area contributed by atoms with E-state index in [0.29, 0.717) is 0 Å². The third-order valence-corrected chi connectivity index (χ3v) is 17.1. The number of benzene rings is 8. The Hall–Kier alpha value is -6.36. The first-order valence-corrected chi connectivity index (χ1v) is 24.7. The van der Waals surface area contributed by atoms with Crippen LogP contribution in [0.2, 0.25) is 0 Å². The van der Waals surface area contributed by atoms with E-state index in [0.717, 1.165) is 18.7 Å². The first kappa shape index (κ1) is 40.0. The second-order valence-electron chi connectivity index (χ2n) is 22.7. The third kappa shape index (κ3) is 5.48. The average Bonchev–Trinajstić information content (AvgIpc) is 3.95. The zero-order chi connectivity index (χ0) is 45.4. The van der Waals surface area contributed by atoms with Crippen molar-refractivity contribution in [2.45, 2.75) is 90.9 Å². The quantitative estimate of drug-likeness (QED) is 0.175. The highest BCUT2D eigenvalue weighted by molar-refractivity contribution is 7.25. The molecule has 8 aromatic carbocycles. The van der Waals surface area contributed by atoms with Gasteiger partial charge in [0.1, 0.15) is 0 Å². The number of aromatic nitrogens is 1. The van der Waals surface area contributed by atoms with Crippen LogP contribution in [0.5, 0.6) is 0 Å². The van der Waals surface area contributed by atoms with Crippen molar-refractivity contribution in [3.63, 3.8) is 0 Å². The predicted octanol–water partition coefficient (Wildman–Crippen LogP) is 15.5. The molecule has 0 fully saturated rings. The summed E-state index contributed by atoms with van der Waals surface area (Å²) in [6, 6.07) is 54.4. The van der Waals surface area contributed by atoms with Crippen LogP contribution in [-0.4, -0.2) is 11.8 Å². The number of rotatable bonds is 3.